The van der Waals surface area contributed by atoms with Crippen molar-refractivity contribution in [2.24, 2.45) is 5.73 Å². The summed E-state index contributed by atoms with van der Waals surface area (Å²) in [5, 5.41) is 3.10. The van der Waals surface area contributed by atoms with Crippen LogP contribution >= 0.6 is 11.6 Å². The second kappa shape index (κ2) is 8.71. The van der Waals surface area contributed by atoms with E-state index in [4.69, 9.17) is 22.1 Å². The van der Waals surface area contributed by atoms with E-state index in [-0.39, 0.29) is 25.3 Å². The Balaban J connectivity index is 1.85. The number of carbonyl (C=O) groups is 2. The Kier molecular flexibility index (Phi) is 6.34. The van der Waals surface area contributed by atoms with Crippen LogP contribution in [0.4, 0.5) is 4.39 Å². The minimum Gasteiger partial charge on any atom is -0.488 e. The maximum Gasteiger partial charge on any atom is 0.240 e. The molecule has 2 amide bonds. The van der Waals surface area contributed by atoms with Crippen molar-refractivity contribution in [2.75, 3.05) is 19.7 Å². The number of nitrogens with zero attached hydrogens (tertiary/aromatic N) is 1. The van der Waals surface area contributed by atoms with Gasteiger partial charge in [0.1, 0.15) is 24.6 Å². The lowest BCUT2D eigenvalue weighted by Gasteiger charge is -2.25. The zero-order valence-electron chi connectivity index (χ0n) is 14.9. The van der Waals surface area contributed by atoms with Gasteiger partial charge < -0.3 is 15.8 Å². The number of benzene rings is 1. The first-order valence-corrected chi connectivity index (χ1v) is 9.36. The normalized spacial score (nSPS) is 28.2. The van der Waals surface area contributed by atoms with Crippen molar-refractivity contribution in [1.82, 2.24) is 10.2 Å². The predicted molar refractivity (Wildman–Crippen MR) is 100 cm³/mol. The van der Waals surface area contributed by atoms with Crippen LogP contribution in [0.1, 0.15) is 18.4 Å². The van der Waals surface area contributed by atoms with Gasteiger partial charge >= 0.3 is 0 Å². The highest BCUT2D eigenvalue weighted by Gasteiger charge is 2.37. The Morgan fingerprint density at radius 2 is 2.19 bits per heavy atom. The zero-order valence-corrected chi connectivity index (χ0v) is 15.6. The number of primary amides is 1. The number of fused-ring (bicyclic) bond motifs is 9. The molecule has 0 radical (unpaired) electrons. The van der Waals surface area contributed by atoms with E-state index < -0.39 is 24.2 Å². The summed E-state index contributed by atoms with van der Waals surface area (Å²) in [7, 11) is 0. The Morgan fingerprint density at radius 1 is 1.37 bits per heavy atom. The molecule has 27 heavy (non-hydrogen) atoms. The van der Waals surface area contributed by atoms with Crippen LogP contribution in [0.3, 0.4) is 0 Å². The van der Waals surface area contributed by atoms with Crippen molar-refractivity contribution in [2.45, 2.75) is 37.5 Å². The summed E-state index contributed by atoms with van der Waals surface area (Å²) >= 11 is 6.24. The lowest BCUT2D eigenvalue weighted by Crippen LogP contribution is -2.52. The Hall–Kier alpha value is -2.12. The van der Waals surface area contributed by atoms with Crippen LogP contribution in [0.15, 0.2) is 30.4 Å². The molecule has 0 aliphatic carbocycles. The number of rotatable bonds is 1. The molecule has 4 rings (SSSR count). The molecular weight excluding hydrogens is 373 g/mol. The van der Waals surface area contributed by atoms with Gasteiger partial charge in [-0.1, -0.05) is 29.8 Å². The fourth-order valence-corrected chi connectivity index (χ4v) is 3.70. The topological polar surface area (TPSA) is 84.7 Å². The predicted octanol–water partition coefficient (Wildman–Crippen LogP) is 1.60. The molecule has 3 N–H and O–H groups in total. The van der Waals surface area contributed by atoms with E-state index in [2.05, 4.69) is 5.32 Å². The van der Waals surface area contributed by atoms with Crippen molar-refractivity contribution >= 4 is 23.4 Å². The first-order valence-electron chi connectivity index (χ1n) is 8.98. The molecule has 1 unspecified atom stereocenters. The number of amides is 2. The smallest absolute Gasteiger partial charge is 0.240 e. The lowest BCUT2D eigenvalue weighted by atomic mass is 10.0. The van der Waals surface area contributed by atoms with Gasteiger partial charge in [0, 0.05) is 25.9 Å². The molecular formula is C19H23ClFN3O3. The second-order valence-corrected chi connectivity index (χ2v) is 7.25. The molecule has 3 aliphatic heterocycles. The molecule has 6 nitrogen and oxygen atoms in total. The van der Waals surface area contributed by atoms with Gasteiger partial charge in [-0.15, -0.1) is 0 Å². The van der Waals surface area contributed by atoms with Crippen molar-refractivity contribution in [3.63, 3.8) is 0 Å². The Morgan fingerprint density at radius 3 is 2.93 bits per heavy atom. The average molecular weight is 396 g/mol. The van der Waals surface area contributed by atoms with E-state index in [0.29, 0.717) is 30.3 Å². The standard InChI is InChI=1S/C19H23ClFN3O3/c20-14-8-12-4-5-17(14)27-7-3-1-2-6-24-11-13(21)10-16(24)19(26)23-15(9-12)18(22)25/h1,3-5,8,13,15-16H,2,6-7,9-11H2,(H2,22,25)(H,23,26)/b3-1+/t13-,15-,16?/m0/s1. The van der Waals surface area contributed by atoms with Crippen molar-refractivity contribution in [1.29, 1.82) is 0 Å². The highest BCUT2D eigenvalue weighted by Crippen LogP contribution is 2.26. The number of hydrogen-bond acceptors (Lipinski definition) is 4. The number of ether oxygens (including phenoxy) is 1. The number of halogens is 2. The molecule has 3 aliphatic rings. The molecule has 1 aromatic rings. The lowest BCUT2D eigenvalue weighted by molar-refractivity contribution is -0.130. The van der Waals surface area contributed by atoms with E-state index in [9.17, 15) is 14.0 Å². The van der Waals surface area contributed by atoms with Crippen molar-refractivity contribution in [3.8, 4) is 5.75 Å². The van der Waals surface area contributed by atoms with Gasteiger partial charge in [-0.2, -0.15) is 0 Å². The second-order valence-electron chi connectivity index (χ2n) is 6.85. The number of nitrogens with one attached hydrogen (secondary N) is 1. The fourth-order valence-electron chi connectivity index (χ4n) is 3.45. The van der Waals surface area contributed by atoms with E-state index in [0.717, 1.165) is 5.56 Å². The van der Waals surface area contributed by atoms with Crippen molar-refractivity contribution < 1.29 is 18.7 Å². The highest BCUT2D eigenvalue weighted by atomic mass is 35.5. The van der Waals surface area contributed by atoms with Crippen LogP contribution in [0.25, 0.3) is 0 Å². The van der Waals surface area contributed by atoms with Crippen LogP contribution < -0.4 is 15.8 Å². The van der Waals surface area contributed by atoms with Gasteiger partial charge in [-0.3, -0.25) is 14.5 Å². The summed E-state index contributed by atoms with van der Waals surface area (Å²) in [5.74, 6) is -0.483. The number of alkyl halides is 1. The SMILES string of the molecule is NC(=O)[C@@H]1Cc2ccc(c(Cl)c2)OC/C=C/CCN2C[C@@H](F)CC2C(=O)N1. The molecule has 1 fully saturated rings. The third kappa shape index (κ3) is 4.99. The molecule has 8 heteroatoms. The fraction of sp³-hybridized carbons (Fsp3) is 0.474. The van der Waals surface area contributed by atoms with E-state index in [1.54, 1.807) is 23.1 Å². The average Bonchev–Trinajstić information content (AvgIpc) is 2.98. The quantitative estimate of drug-likeness (QED) is 0.707. The third-order valence-corrected chi connectivity index (χ3v) is 5.13. The van der Waals surface area contributed by atoms with E-state index in [1.807, 2.05) is 12.2 Å². The minimum absolute atomic E-state index is 0.116. The van der Waals surface area contributed by atoms with E-state index in [1.165, 1.54) is 0 Å². The summed E-state index contributed by atoms with van der Waals surface area (Å²) in [6.45, 7) is 1.11. The molecule has 0 spiro atoms. The number of carbonyl (C=O) groups excluding carboxylic acids is 2. The van der Waals surface area contributed by atoms with E-state index >= 15 is 0 Å². The van der Waals surface area contributed by atoms with Gasteiger partial charge in [-0.05, 0) is 24.1 Å². The highest BCUT2D eigenvalue weighted by molar-refractivity contribution is 6.32. The zero-order chi connectivity index (χ0) is 19.4. The van der Waals surface area contributed by atoms with Gasteiger partial charge in [0.05, 0.1) is 11.1 Å². The molecule has 146 valence electrons. The molecule has 1 aromatic carbocycles. The first kappa shape index (κ1) is 19.6. The molecule has 0 aromatic heterocycles. The molecule has 3 heterocycles. The van der Waals surface area contributed by atoms with Gasteiger partial charge in [-0.25, -0.2) is 4.39 Å². The van der Waals surface area contributed by atoms with Crippen LogP contribution in [0.5, 0.6) is 5.75 Å². The van der Waals surface area contributed by atoms with Crippen molar-refractivity contribution in [3.05, 3.63) is 40.9 Å². The van der Waals surface area contributed by atoms with Gasteiger partial charge in [0.15, 0.2) is 0 Å². The summed E-state index contributed by atoms with van der Waals surface area (Å²) in [6.07, 6.45) is 3.72. The first-order chi connectivity index (χ1) is 12.9. The number of nitrogens with two attached hydrogens (primary N) is 1. The summed E-state index contributed by atoms with van der Waals surface area (Å²) < 4.78 is 19.5. The number of hydrogen-bond donors (Lipinski definition) is 2. The molecule has 3 atom stereocenters. The largest absolute Gasteiger partial charge is 0.488 e. The monoisotopic (exact) mass is 395 g/mol. The minimum atomic E-state index is -1.06. The van der Waals surface area contributed by atoms with Crippen LogP contribution in [0.2, 0.25) is 5.02 Å². The van der Waals surface area contributed by atoms with Crippen LogP contribution in [-0.4, -0.2) is 54.7 Å². The maximum atomic E-state index is 13.9. The third-order valence-electron chi connectivity index (χ3n) is 4.84. The maximum absolute atomic E-state index is 13.9. The molecule has 1 saturated heterocycles. The van der Waals surface area contributed by atoms with Crippen LogP contribution in [0, 0.1) is 0 Å². The Bertz CT molecular complexity index is 743. The molecule has 2 bridgehead atoms. The van der Waals surface area contributed by atoms with Crippen LogP contribution in [-0.2, 0) is 16.0 Å². The summed E-state index contributed by atoms with van der Waals surface area (Å²) in [5.41, 5.74) is 6.21. The van der Waals surface area contributed by atoms with Gasteiger partial charge in [0.25, 0.3) is 0 Å². The summed E-state index contributed by atoms with van der Waals surface area (Å²) in [6, 6.07) is 3.69. The van der Waals surface area contributed by atoms with Gasteiger partial charge in [0.2, 0.25) is 11.8 Å². The molecule has 0 saturated carbocycles. The Labute approximate surface area is 162 Å². The summed E-state index contributed by atoms with van der Waals surface area (Å²) in [4.78, 5) is 26.3.